The fourth-order valence-corrected chi connectivity index (χ4v) is 1.77. The third kappa shape index (κ3) is 2.11. The normalized spacial score (nSPS) is 10.7. The van der Waals surface area contributed by atoms with Gasteiger partial charge in [-0.15, -0.1) is 0 Å². The first-order chi connectivity index (χ1) is 8.13. The zero-order chi connectivity index (χ0) is 12.4. The molecule has 1 aromatic heterocycles. The van der Waals surface area contributed by atoms with Crippen LogP contribution in [0.2, 0.25) is 0 Å². The molecule has 2 rings (SSSR count). The van der Waals surface area contributed by atoms with Crippen molar-refractivity contribution < 1.29 is 4.79 Å². The molecule has 4 heteroatoms. The van der Waals surface area contributed by atoms with Gasteiger partial charge in [-0.05, 0) is 12.1 Å². The minimum atomic E-state index is -0.189. The molecule has 0 saturated carbocycles. The molecule has 0 N–H and O–H groups in total. The molecule has 1 heterocycles. The molecule has 0 spiro atoms. The molecule has 0 aliphatic rings. The van der Waals surface area contributed by atoms with Crippen LogP contribution >= 0.6 is 0 Å². The molecule has 0 fully saturated rings. The van der Waals surface area contributed by atoms with Crippen LogP contribution in [0.4, 0.5) is 0 Å². The summed E-state index contributed by atoms with van der Waals surface area (Å²) in [4.78, 5) is 27.6. The number of hydrogen-bond donors (Lipinski definition) is 0. The summed E-state index contributed by atoms with van der Waals surface area (Å²) in [6.07, 6.45) is 0.547. The van der Waals surface area contributed by atoms with E-state index in [1.807, 2.05) is 24.3 Å². The van der Waals surface area contributed by atoms with Gasteiger partial charge in [-0.3, -0.25) is 9.59 Å². The first kappa shape index (κ1) is 11.5. The Labute approximate surface area is 98.9 Å². The highest BCUT2D eigenvalue weighted by Crippen LogP contribution is 2.08. The van der Waals surface area contributed by atoms with E-state index >= 15 is 0 Å². The van der Waals surface area contributed by atoms with Crippen LogP contribution in [0, 0.1) is 0 Å². The fourth-order valence-electron chi connectivity index (χ4n) is 1.77. The number of nitrogens with zero attached hydrogens (tertiary/aromatic N) is 2. The van der Waals surface area contributed by atoms with E-state index in [0.29, 0.717) is 12.1 Å². The summed E-state index contributed by atoms with van der Waals surface area (Å²) < 4.78 is 1.54. The number of carbonyl (C=O) groups is 1. The zero-order valence-corrected chi connectivity index (χ0v) is 9.93. The monoisotopic (exact) mass is 230 g/mol. The van der Waals surface area contributed by atoms with Gasteiger partial charge in [0.15, 0.2) is 0 Å². The lowest BCUT2D eigenvalue weighted by atomic mass is 10.2. The van der Waals surface area contributed by atoms with Crippen LogP contribution in [0.1, 0.15) is 19.0 Å². The van der Waals surface area contributed by atoms with Gasteiger partial charge in [0.25, 0.3) is 5.56 Å². The van der Waals surface area contributed by atoms with Crippen LogP contribution in [0.25, 0.3) is 11.0 Å². The lowest BCUT2D eigenvalue weighted by Crippen LogP contribution is -2.25. The van der Waals surface area contributed by atoms with Gasteiger partial charge in [-0.2, -0.15) is 0 Å². The van der Waals surface area contributed by atoms with Crippen molar-refractivity contribution in [2.45, 2.75) is 19.8 Å². The van der Waals surface area contributed by atoms with E-state index in [1.165, 1.54) is 0 Å². The molecular weight excluding hydrogens is 216 g/mol. The van der Waals surface area contributed by atoms with Crippen molar-refractivity contribution in [2.75, 3.05) is 0 Å². The summed E-state index contributed by atoms with van der Waals surface area (Å²) in [5.41, 5.74) is 1.67. The number of ketones is 1. The topological polar surface area (TPSA) is 52.0 Å². The molecule has 0 radical (unpaired) electrons. The van der Waals surface area contributed by atoms with Crippen LogP contribution < -0.4 is 5.56 Å². The van der Waals surface area contributed by atoms with Crippen LogP contribution in [0.5, 0.6) is 0 Å². The Hall–Kier alpha value is -1.97. The van der Waals surface area contributed by atoms with E-state index in [1.54, 1.807) is 18.5 Å². The quantitative estimate of drug-likeness (QED) is 0.802. The first-order valence-electron chi connectivity index (χ1n) is 5.60. The van der Waals surface area contributed by atoms with Crippen LogP contribution in [0.15, 0.2) is 29.1 Å². The molecule has 2 aromatic rings. The maximum atomic E-state index is 12.0. The molecule has 0 bridgehead atoms. The number of para-hydroxylation sites is 2. The van der Waals surface area contributed by atoms with E-state index in [0.717, 1.165) is 11.0 Å². The lowest BCUT2D eigenvalue weighted by molar-refractivity contribution is -0.118. The fraction of sp³-hybridized carbons (Fsp3) is 0.308. The second kappa shape index (κ2) is 4.49. The Morgan fingerprint density at radius 1 is 1.35 bits per heavy atom. The van der Waals surface area contributed by atoms with Crippen LogP contribution in [0.3, 0.4) is 0 Å². The minimum Gasteiger partial charge on any atom is -0.308 e. The van der Waals surface area contributed by atoms with Gasteiger partial charge < -0.3 is 4.57 Å². The average Bonchev–Trinajstić information content (AvgIpc) is 2.35. The average molecular weight is 230 g/mol. The predicted molar refractivity (Wildman–Crippen MR) is 66.0 cm³/mol. The Bertz CT molecular complexity index is 629. The standard InChI is InChI=1S/C13H14N2O2/c1-3-9(16)8-11-13(17)15(2)12-7-5-4-6-10(12)14-11/h4-7H,3,8H2,1-2H3. The number of Topliss-reactive ketones (excluding diaryl/α,β-unsaturated/α-hetero) is 1. The summed E-state index contributed by atoms with van der Waals surface area (Å²) in [7, 11) is 1.70. The molecule has 88 valence electrons. The molecule has 0 aliphatic carbocycles. The number of rotatable bonds is 3. The molecular formula is C13H14N2O2. The highest BCUT2D eigenvalue weighted by Gasteiger charge is 2.10. The molecule has 0 unspecified atom stereocenters. The molecule has 1 aromatic carbocycles. The Kier molecular flexibility index (Phi) is 3.04. The van der Waals surface area contributed by atoms with Gasteiger partial charge >= 0.3 is 0 Å². The number of aromatic nitrogens is 2. The molecule has 0 aliphatic heterocycles. The van der Waals surface area contributed by atoms with Gasteiger partial charge in [0.2, 0.25) is 0 Å². The minimum absolute atomic E-state index is 0.0323. The van der Waals surface area contributed by atoms with E-state index in [-0.39, 0.29) is 17.8 Å². The number of benzene rings is 1. The number of hydrogen-bond acceptors (Lipinski definition) is 3. The molecule has 0 saturated heterocycles. The van der Waals surface area contributed by atoms with E-state index in [2.05, 4.69) is 4.98 Å². The van der Waals surface area contributed by atoms with Crippen molar-refractivity contribution in [3.8, 4) is 0 Å². The summed E-state index contributed by atoms with van der Waals surface area (Å²) in [5.74, 6) is 0.0323. The predicted octanol–water partition coefficient (Wildman–Crippen LogP) is 1.46. The van der Waals surface area contributed by atoms with Gasteiger partial charge in [-0.25, -0.2) is 4.98 Å². The van der Waals surface area contributed by atoms with Crippen molar-refractivity contribution in [2.24, 2.45) is 7.05 Å². The van der Waals surface area contributed by atoms with Crippen molar-refractivity contribution in [1.29, 1.82) is 0 Å². The lowest BCUT2D eigenvalue weighted by Gasteiger charge is -2.06. The van der Waals surface area contributed by atoms with Crippen molar-refractivity contribution >= 4 is 16.8 Å². The summed E-state index contributed by atoms with van der Waals surface area (Å²) in [6.45, 7) is 1.79. The van der Waals surface area contributed by atoms with Gasteiger partial charge in [0, 0.05) is 13.5 Å². The van der Waals surface area contributed by atoms with Gasteiger partial charge in [0.1, 0.15) is 11.5 Å². The number of aryl methyl sites for hydroxylation is 1. The van der Waals surface area contributed by atoms with Gasteiger partial charge in [-0.1, -0.05) is 19.1 Å². The second-order valence-corrected chi connectivity index (χ2v) is 3.98. The Morgan fingerprint density at radius 2 is 2.06 bits per heavy atom. The van der Waals surface area contributed by atoms with Crippen molar-refractivity contribution in [1.82, 2.24) is 9.55 Å². The van der Waals surface area contributed by atoms with E-state index in [9.17, 15) is 9.59 Å². The zero-order valence-electron chi connectivity index (χ0n) is 9.93. The molecule has 0 atom stereocenters. The third-order valence-corrected chi connectivity index (χ3v) is 2.81. The van der Waals surface area contributed by atoms with E-state index < -0.39 is 0 Å². The summed E-state index contributed by atoms with van der Waals surface area (Å²) in [5, 5.41) is 0. The summed E-state index contributed by atoms with van der Waals surface area (Å²) in [6, 6.07) is 7.41. The maximum absolute atomic E-state index is 12.0. The third-order valence-electron chi connectivity index (χ3n) is 2.81. The van der Waals surface area contributed by atoms with Crippen molar-refractivity contribution in [3.63, 3.8) is 0 Å². The van der Waals surface area contributed by atoms with Crippen LogP contribution in [-0.2, 0) is 18.3 Å². The number of fused-ring (bicyclic) bond motifs is 1. The molecule has 17 heavy (non-hydrogen) atoms. The molecule has 0 amide bonds. The van der Waals surface area contributed by atoms with Crippen molar-refractivity contribution in [3.05, 3.63) is 40.3 Å². The Morgan fingerprint density at radius 3 is 2.76 bits per heavy atom. The van der Waals surface area contributed by atoms with Crippen LogP contribution in [-0.4, -0.2) is 15.3 Å². The highest BCUT2D eigenvalue weighted by molar-refractivity contribution is 5.81. The smallest absolute Gasteiger partial charge is 0.272 e. The van der Waals surface area contributed by atoms with Gasteiger partial charge in [0.05, 0.1) is 17.5 Å². The highest BCUT2D eigenvalue weighted by atomic mass is 16.1. The summed E-state index contributed by atoms with van der Waals surface area (Å²) >= 11 is 0. The SMILES string of the molecule is CCC(=O)Cc1nc2ccccc2n(C)c1=O. The maximum Gasteiger partial charge on any atom is 0.272 e. The first-order valence-corrected chi connectivity index (χ1v) is 5.60. The largest absolute Gasteiger partial charge is 0.308 e. The molecule has 4 nitrogen and oxygen atoms in total. The second-order valence-electron chi connectivity index (χ2n) is 3.98. The van der Waals surface area contributed by atoms with E-state index in [4.69, 9.17) is 0 Å². The number of carbonyl (C=O) groups excluding carboxylic acids is 1. The Balaban J connectivity index is 2.62.